The van der Waals surface area contributed by atoms with Crippen molar-refractivity contribution in [1.29, 1.82) is 0 Å². The minimum Gasteiger partial charge on any atom is -0.483 e. The molecule has 190 valence electrons. The number of hydrogen-bond donors (Lipinski definition) is 1. The molecule has 1 amide bonds. The normalized spacial score (nSPS) is 22.6. The fourth-order valence-electron chi connectivity index (χ4n) is 5.84. The van der Waals surface area contributed by atoms with E-state index in [1.807, 2.05) is 56.3 Å². The first-order valence-electron chi connectivity index (χ1n) is 12.7. The Bertz CT molecular complexity index is 1270. The molecule has 2 heterocycles. The average Bonchev–Trinajstić information content (AvgIpc) is 3.29. The minimum absolute atomic E-state index is 0.0129. The van der Waals surface area contributed by atoms with Crippen LogP contribution in [0.1, 0.15) is 69.5 Å². The first-order chi connectivity index (χ1) is 17.4. The summed E-state index contributed by atoms with van der Waals surface area (Å²) in [5.74, 6) is 0.428. The van der Waals surface area contributed by atoms with E-state index in [4.69, 9.17) is 14.5 Å². The number of aryl methyl sites for hydroxylation is 1. The van der Waals surface area contributed by atoms with E-state index in [9.17, 15) is 14.7 Å². The van der Waals surface area contributed by atoms with Crippen molar-refractivity contribution >= 4 is 28.8 Å². The summed E-state index contributed by atoms with van der Waals surface area (Å²) >= 11 is 0. The van der Waals surface area contributed by atoms with Gasteiger partial charge in [0.2, 0.25) is 0 Å². The van der Waals surface area contributed by atoms with Gasteiger partial charge in [-0.05, 0) is 70.2 Å². The molecule has 1 aliphatic carbocycles. The summed E-state index contributed by atoms with van der Waals surface area (Å²) in [7, 11) is 1.40. The van der Waals surface area contributed by atoms with Crippen LogP contribution in [-0.2, 0) is 16.0 Å². The molecule has 0 saturated heterocycles. The second-order valence-corrected chi connectivity index (χ2v) is 9.93. The predicted octanol–water partition coefficient (Wildman–Crippen LogP) is 5.90. The lowest BCUT2D eigenvalue weighted by molar-refractivity contribution is -0.143. The summed E-state index contributed by atoms with van der Waals surface area (Å²) in [6.45, 7) is 4.01. The smallest absolute Gasteiger partial charge is 0.414 e. The molecular weight excluding hydrogens is 458 g/mol. The number of ether oxygens (including phenoxy) is 2. The van der Waals surface area contributed by atoms with Gasteiger partial charge >= 0.3 is 12.1 Å². The number of methoxy groups -OCH3 is 1. The molecule has 1 N–H and O–H groups in total. The van der Waals surface area contributed by atoms with E-state index in [-0.39, 0.29) is 30.2 Å². The highest BCUT2D eigenvalue weighted by atomic mass is 16.5. The van der Waals surface area contributed by atoms with Gasteiger partial charge in [-0.3, -0.25) is 9.69 Å². The number of imidazole rings is 1. The van der Waals surface area contributed by atoms with Crippen molar-refractivity contribution in [3.05, 3.63) is 53.9 Å². The van der Waals surface area contributed by atoms with Crippen LogP contribution in [0.2, 0.25) is 0 Å². The zero-order valence-electron chi connectivity index (χ0n) is 21.0. The topological polar surface area (TPSA) is 93.9 Å². The number of amides is 1. The Morgan fingerprint density at radius 3 is 2.61 bits per heavy atom. The lowest BCUT2D eigenvalue weighted by atomic mass is 9.85. The van der Waals surface area contributed by atoms with E-state index in [0.717, 1.165) is 59.5 Å². The van der Waals surface area contributed by atoms with Gasteiger partial charge in [0.1, 0.15) is 5.75 Å². The van der Waals surface area contributed by atoms with Crippen molar-refractivity contribution in [2.75, 3.05) is 12.0 Å². The molecule has 4 atom stereocenters. The van der Waals surface area contributed by atoms with Gasteiger partial charge < -0.3 is 19.1 Å². The van der Waals surface area contributed by atoms with Crippen LogP contribution in [0.15, 0.2) is 42.5 Å². The lowest BCUT2D eigenvalue weighted by Gasteiger charge is -2.34. The second kappa shape index (κ2) is 9.84. The average molecular weight is 492 g/mol. The Kier molecular flexibility index (Phi) is 6.60. The molecular formula is C28H33N3O5. The summed E-state index contributed by atoms with van der Waals surface area (Å²) < 4.78 is 13.6. The standard InChI is InChI=1S/C28H33N3O5/c1-17-12-13-22-23(30(17)28(34)35-3)14-15-24-25(22)29-26(18(2)36-21-10-5-4-6-11-21)31(24)20-9-7-8-19(16-20)27(32)33/h4-6,10-11,14-15,17-20H,7-9,12-13,16H2,1-3H3,(H,32,33)/t17-,18+,19+,20+/m0/s1. The van der Waals surface area contributed by atoms with E-state index in [0.29, 0.717) is 12.8 Å². The molecule has 5 rings (SSSR count). The SMILES string of the molecule is COC(=O)N1c2ccc3c(nc([C@@H](C)Oc4ccccc4)n3[C@@H]3CCC[C@@H](C(=O)O)C3)c2CC[C@@H]1C. The minimum atomic E-state index is -0.737. The van der Waals surface area contributed by atoms with Crippen molar-refractivity contribution in [2.24, 2.45) is 5.92 Å². The van der Waals surface area contributed by atoms with Gasteiger partial charge in [0.05, 0.1) is 29.7 Å². The first-order valence-corrected chi connectivity index (χ1v) is 12.7. The lowest BCUT2D eigenvalue weighted by Crippen LogP contribution is -2.42. The van der Waals surface area contributed by atoms with Crippen LogP contribution in [0, 0.1) is 5.92 Å². The van der Waals surface area contributed by atoms with E-state index in [1.54, 1.807) is 4.90 Å². The molecule has 1 saturated carbocycles. The van der Waals surface area contributed by atoms with E-state index in [2.05, 4.69) is 4.57 Å². The maximum atomic E-state index is 12.6. The van der Waals surface area contributed by atoms with Crippen LogP contribution in [0.5, 0.6) is 5.75 Å². The van der Waals surface area contributed by atoms with Gasteiger partial charge in [-0.1, -0.05) is 24.6 Å². The fraction of sp³-hybridized carbons (Fsp3) is 0.464. The quantitative estimate of drug-likeness (QED) is 0.478. The van der Waals surface area contributed by atoms with Gasteiger partial charge in [0.15, 0.2) is 11.9 Å². The van der Waals surface area contributed by atoms with Crippen LogP contribution >= 0.6 is 0 Å². The van der Waals surface area contributed by atoms with E-state index < -0.39 is 5.97 Å². The monoisotopic (exact) mass is 491 g/mol. The van der Waals surface area contributed by atoms with Crippen LogP contribution < -0.4 is 9.64 Å². The van der Waals surface area contributed by atoms with Crippen LogP contribution in [-0.4, -0.2) is 39.9 Å². The van der Waals surface area contributed by atoms with Crippen molar-refractivity contribution in [3.63, 3.8) is 0 Å². The molecule has 8 nitrogen and oxygen atoms in total. The maximum absolute atomic E-state index is 12.6. The largest absolute Gasteiger partial charge is 0.483 e. The number of nitrogens with zero attached hydrogens (tertiary/aromatic N) is 3. The number of hydrogen-bond acceptors (Lipinski definition) is 5. The number of aliphatic carboxylic acids is 1. The molecule has 8 heteroatoms. The highest BCUT2D eigenvalue weighted by molar-refractivity contribution is 5.95. The van der Waals surface area contributed by atoms with E-state index in [1.165, 1.54) is 7.11 Å². The molecule has 0 bridgehead atoms. The molecule has 0 spiro atoms. The number of aromatic nitrogens is 2. The number of carboxylic acid groups (broad SMARTS) is 1. The fourth-order valence-corrected chi connectivity index (χ4v) is 5.84. The van der Waals surface area contributed by atoms with Crippen molar-refractivity contribution in [1.82, 2.24) is 9.55 Å². The zero-order valence-corrected chi connectivity index (χ0v) is 21.0. The van der Waals surface area contributed by atoms with E-state index >= 15 is 0 Å². The third-order valence-corrected chi connectivity index (χ3v) is 7.63. The number of fused-ring (bicyclic) bond motifs is 3. The number of rotatable bonds is 5. The van der Waals surface area contributed by atoms with Crippen LogP contribution in [0.25, 0.3) is 11.0 Å². The van der Waals surface area contributed by atoms with Gasteiger partial charge in [-0.2, -0.15) is 0 Å². The molecule has 2 aromatic carbocycles. The van der Waals surface area contributed by atoms with Gasteiger partial charge in [0.25, 0.3) is 0 Å². The molecule has 0 radical (unpaired) electrons. The van der Waals surface area contributed by atoms with Crippen molar-refractivity contribution in [2.45, 2.75) is 70.6 Å². The Hall–Kier alpha value is -3.55. The summed E-state index contributed by atoms with van der Waals surface area (Å²) in [6.07, 6.45) is 3.90. The molecule has 3 aromatic rings. The number of para-hydroxylation sites is 1. The molecule has 1 aromatic heterocycles. The third-order valence-electron chi connectivity index (χ3n) is 7.63. The summed E-state index contributed by atoms with van der Waals surface area (Å²) in [5, 5.41) is 9.73. The summed E-state index contributed by atoms with van der Waals surface area (Å²) in [4.78, 5) is 31.3. The third kappa shape index (κ3) is 4.29. The van der Waals surface area contributed by atoms with Gasteiger partial charge in [-0.25, -0.2) is 9.78 Å². The predicted molar refractivity (Wildman–Crippen MR) is 137 cm³/mol. The zero-order chi connectivity index (χ0) is 25.4. The Morgan fingerprint density at radius 1 is 1.11 bits per heavy atom. The van der Waals surface area contributed by atoms with Gasteiger partial charge in [-0.15, -0.1) is 0 Å². The molecule has 2 aliphatic rings. The molecule has 0 unspecified atom stereocenters. The van der Waals surface area contributed by atoms with Gasteiger partial charge in [0, 0.05) is 17.6 Å². The second-order valence-electron chi connectivity index (χ2n) is 9.93. The number of carbonyl (C=O) groups excluding carboxylic acids is 1. The van der Waals surface area contributed by atoms with Crippen LogP contribution in [0.4, 0.5) is 10.5 Å². The highest BCUT2D eigenvalue weighted by Crippen LogP contribution is 2.42. The molecule has 1 aliphatic heterocycles. The highest BCUT2D eigenvalue weighted by Gasteiger charge is 2.35. The Balaban J connectivity index is 1.64. The van der Waals surface area contributed by atoms with Crippen LogP contribution in [0.3, 0.4) is 0 Å². The van der Waals surface area contributed by atoms with Crippen molar-refractivity contribution in [3.8, 4) is 5.75 Å². The Morgan fingerprint density at radius 2 is 1.89 bits per heavy atom. The molecule has 1 fully saturated rings. The Labute approximate surface area is 210 Å². The summed E-state index contributed by atoms with van der Waals surface area (Å²) in [5.41, 5.74) is 3.66. The number of benzene rings is 2. The number of carboxylic acids is 1. The number of carbonyl (C=O) groups is 2. The van der Waals surface area contributed by atoms with Crippen molar-refractivity contribution < 1.29 is 24.2 Å². The summed E-state index contributed by atoms with van der Waals surface area (Å²) in [6, 6.07) is 13.7. The molecule has 36 heavy (non-hydrogen) atoms. The maximum Gasteiger partial charge on any atom is 0.414 e. The number of anilines is 1. The first kappa shape index (κ1) is 24.2.